The van der Waals surface area contributed by atoms with Crippen LogP contribution in [-0.4, -0.2) is 15.0 Å². The molecule has 0 saturated heterocycles. The Morgan fingerprint density at radius 3 is 0.882 bits per heavy atom. The molecular weight excluding hydrogens is 823 g/mol. The van der Waals surface area contributed by atoms with Gasteiger partial charge in [0.1, 0.15) is 0 Å². The molecule has 0 bridgehead atoms. The number of hydrogen-bond acceptors (Lipinski definition) is 3. The molecule has 0 aliphatic heterocycles. The zero-order valence-electron chi connectivity index (χ0n) is 37.0. The molecule has 1 heterocycles. The Kier molecular flexibility index (Phi) is 8.41. The maximum absolute atomic E-state index is 5.13. The van der Waals surface area contributed by atoms with Crippen LogP contribution in [-0.2, 0) is 10.8 Å². The first kappa shape index (κ1) is 38.5. The van der Waals surface area contributed by atoms with Crippen LogP contribution in [0, 0.1) is 0 Å². The molecule has 3 heteroatoms. The summed E-state index contributed by atoms with van der Waals surface area (Å²) in [5, 5.41) is 0. The minimum Gasteiger partial charge on any atom is -0.208 e. The maximum atomic E-state index is 5.13. The molecule has 11 aromatic rings. The molecular formula is C65H41N3. The number of nitrogens with zero attached hydrogens (tertiary/aromatic N) is 3. The second kappa shape index (κ2) is 14.9. The van der Waals surface area contributed by atoms with Gasteiger partial charge in [-0.05, 0) is 95.1 Å². The molecule has 0 atom stereocenters. The first-order valence-corrected chi connectivity index (χ1v) is 23.4. The number of fused-ring (bicyclic) bond motifs is 16. The highest BCUT2D eigenvalue weighted by molar-refractivity contribution is 5.94. The molecule has 0 fully saturated rings. The summed E-state index contributed by atoms with van der Waals surface area (Å²) in [5.41, 5.74) is 22.1. The molecule has 2 spiro atoms. The van der Waals surface area contributed by atoms with Crippen LogP contribution in [0.1, 0.15) is 44.5 Å². The molecule has 0 radical (unpaired) electrons. The molecule has 0 unspecified atom stereocenters. The van der Waals surface area contributed by atoms with Gasteiger partial charge in [0.25, 0.3) is 0 Å². The van der Waals surface area contributed by atoms with Gasteiger partial charge in [-0.1, -0.05) is 243 Å². The Morgan fingerprint density at radius 1 is 0.191 bits per heavy atom. The van der Waals surface area contributed by atoms with E-state index in [4.69, 9.17) is 15.0 Å². The third-order valence-corrected chi connectivity index (χ3v) is 14.9. The van der Waals surface area contributed by atoms with Crippen molar-refractivity contribution in [3.63, 3.8) is 0 Å². The highest BCUT2D eigenvalue weighted by Gasteiger charge is 2.58. The standard InChI is InChI=1S/C65H41N3/c1-3-17-42(18-4-1)43-31-35-46(36-32-43)62-66-61(45-19-5-2-6-20-45)67-63(68-62)47-37-33-44(34-38-47)48-39-40-59-60(41-48)65(55-27-13-9-23-51(55)52-24-10-14-28-56(52)65)58-30-16-15-29-57(58)64(59)53-25-11-7-21-49(53)50-22-8-12-26-54(50)64/h1-41H. The Labute approximate surface area is 395 Å². The number of aromatic nitrogens is 3. The van der Waals surface area contributed by atoms with Crippen molar-refractivity contribution in [1.29, 1.82) is 0 Å². The van der Waals surface area contributed by atoms with E-state index in [1.807, 2.05) is 24.3 Å². The van der Waals surface area contributed by atoms with Crippen LogP contribution in [0.25, 0.3) is 78.7 Å². The quantitative estimate of drug-likeness (QED) is 0.173. The summed E-state index contributed by atoms with van der Waals surface area (Å²) in [4.78, 5) is 15.2. The monoisotopic (exact) mass is 863 g/mol. The second-order valence-corrected chi connectivity index (χ2v) is 18.2. The predicted octanol–water partition coefficient (Wildman–Crippen LogP) is 15.2. The first-order valence-electron chi connectivity index (χ1n) is 23.4. The molecule has 14 rings (SSSR count). The smallest absolute Gasteiger partial charge is 0.164 e. The fourth-order valence-corrected chi connectivity index (χ4v) is 12.0. The van der Waals surface area contributed by atoms with Crippen molar-refractivity contribution in [2.75, 3.05) is 0 Å². The van der Waals surface area contributed by atoms with E-state index >= 15 is 0 Å². The van der Waals surface area contributed by atoms with E-state index in [2.05, 4.69) is 224 Å². The van der Waals surface area contributed by atoms with E-state index in [9.17, 15) is 0 Å². The molecule has 0 saturated carbocycles. The lowest BCUT2D eigenvalue weighted by Gasteiger charge is -2.49. The van der Waals surface area contributed by atoms with Crippen molar-refractivity contribution >= 4 is 0 Å². The van der Waals surface area contributed by atoms with Crippen molar-refractivity contribution in [2.45, 2.75) is 10.8 Å². The van der Waals surface area contributed by atoms with Gasteiger partial charge in [0, 0.05) is 16.7 Å². The van der Waals surface area contributed by atoms with Crippen LogP contribution in [0.3, 0.4) is 0 Å². The molecule has 3 nitrogen and oxygen atoms in total. The minimum absolute atomic E-state index is 0.520. The summed E-state index contributed by atoms with van der Waals surface area (Å²) < 4.78 is 0. The molecule has 3 aliphatic carbocycles. The summed E-state index contributed by atoms with van der Waals surface area (Å²) >= 11 is 0. The van der Waals surface area contributed by atoms with E-state index in [-0.39, 0.29) is 0 Å². The van der Waals surface area contributed by atoms with Gasteiger partial charge < -0.3 is 0 Å². The fourth-order valence-electron chi connectivity index (χ4n) is 12.0. The molecule has 10 aromatic carbocycles. The third-order valence-electron chi connectivity index (χ3n) is 14.9. The van der Waals surface area contributed by atoms with E-state index in [0.29, 0.717) is 17.5 Å². The third kappa shape index (κ3) is 5.39. The lowest BCUT2D eigenvalue weighted by atomic mass is 9.52. The molecule has 0 amide bonds. The van der Waals surface area contributed by atoms with Gasteiger partial charge in [-0.25, -0.2) is 15.0 Å². The number of hydrogen-bond donors (Lipinski definition) is 0. The predicted molar refractivity (Wildman–Crippen MR) is 275 cm³/mol. The van der Waals surface area contributed by atoms with Gasteiger partial charge in [-0.15, -0.1) is 0 Å². The Hall–Kier alpha value is -8.79. The summed E-state index contributed by atoms with van der Waals surface area (Å²) in [6.45, 7) is 0. The van der Waals surface area contributed by atoms with Crippen molar-refractivity contribution in [1.82, 2.24) is 15.0 Å². The lowest BCUT2D eigenvalue weighted by molar-refractivity contribution is 0.633. The summed E-state index contributed by atoms with van der Waals surface area (Å²) in [7, 11) is 0. The van der Waals surface area contributed by atoms with Crippen LogP contribution >= 0.6 is 0 Å². The average Bonchev–Trinajstić information content (AvgIpc) is 3.89. The number of benzene rings is 10. The largest absolute Gasteiger partial charge is 0.208 e. The molecule has 1 aromatic heterocycles. The molecule has 68 heavy (non-hydrogen) atoms. The van der Waals surface area contributed by atoms with Crippen molar-refractivity contribution in [3.05, 3.63) is 293 Å². The van der Waals surface area contributed by atoms with Gasteiger partial charge in [0.15, 0.2) is 17.5 Å². The normalized spacial score (nSPS) is 13.8. The Bertz CT molecular complexity index is 3690. The molecule has 3 aliphatic rings. The minimum atomic E-state index is -0.554. The zero-order chi connectivity index (χ0) is 44.8. The van der Waals surface area contributed by atoms with Crippen LogP contribution in [0.5, 0.6) is 0 Å². The topological polar surface area (TPSA) is 38.7 Å². The van der Waals surface area contributed by atoms with Gasteiger partial charge >= 0.3 is 0 Å². The first-order chi connectivity index (χ1) is 33.7. The summed E-state index contributed by atoms with van der Waals surface area (Å²) in [6.07, 6.45) is 0. The van der Waals surface area contributed by atoms with Gasteiger partial charge in [0.05, 0.1) is 10.8 Å². The van der Waals surface area contributed by atoms with Crippen molar-refractivity contribution < 1.29 is 0 Å². The van der Waals surface area contributed by atoms with Crippen LogP contribution in [0.4, 0.5) is 0 Å². The van der Waals surface area contributed by atoms with Crippen LogP contribution < -0.4 is 0 Å². The average molecular weight is 864 g/mol. The van der Waals surface area contributed by atoms with E-state index in [1.165, 1.54) is 72.3 Å². The van der Waals surface area contributed by atoms with E-state index < -0.39 is 10.8 Å². The number of rotatable bonds is 5. The van der Waals surface area contributed by atoms with Gasteiger partial charge in [-0.3, -0.25) is 0 Å². The molecule has 316 valence electrons. The van der Waals surface area contributed by atoms with Crippen LogP contribution in [0.2, 0.25) is 0 Å². The summed E-state index contributed by atoms with van der Waals surface area (Å²) in [5.74, 6) is 1.91. The van der Waals surface area contributed by atoms with Crippen molar-refractivity contribution in [2.24, 2.45) is 0 Å². The van der Waals surface area contributed by atoms with E-state index in [1.54, 1.807) is 0 Å². The van der Waals surface area contributed by atoms with Crippen molar-refractivity contribution in [3.8, 4) is 78.7 Å². The SMILES string of the molecule is c1ccc(-c2ccc(-c3nc(-c4ccccc4)nc(-c4ccc(-c5ccc6c(c5)C5(c7ccccc7-c7ccccc75)c5ccccc5C65c6ccccc6-c6ccccc65)cc4)n3)cc2)cc1. The lowest BCUT2D eigenvalue weighted by Crippen LogP contribution is -2.43. The van der Waals surface area contributed by atoms with E-state index in [0.717, 1.165) is 33.4 Å². The maximum Gasteiger partial charge on any atom is 0.164 e. The van der Waals surface area contributed by atoms with Gasteiger partial charge in [-0.2, -0.15) is 0 Å². The molecule has 0 N–H and O–H groups in total. The highest BCUT2D eigenvalue weighted by Crippen LogP contribution is 2.67. The van der Waals surface area contributed by atoms with Gasteiger partial charge in [0.2, 0.25) is 0 Å². The second-order valence-electron chi connectivity index (χ2n) is 18.2. The Morgan fingerprint density at radius 2 is 0.456 bits per heavy atom. The zero-order valence-corrected chi connectivity index (χ0v) is 37.0. The van der Waals surface area contributed by atoms with Crippen LogP contribution in [0.15, 0.2) is 249 Å². The summed E-state index contributed by atoms with van der Waals surface area (Å²) in [6, 6.07) is 90.9. The highest BCUT2D eigenvalue weighted by atomic mass is 15.0. The fraction of sp³-hybridized carbons (Fsp3) is 0.0308. The Balaban J connectivity index is 0.955.